The molecule has 2 aromatic heterocycles. The molecule has 3 rings (SSSR count). The van der Waals surface area contributed by atoms with E-state index in [2.05, 4.69) is 20.3 Å². The number of rotatable bonds is 5. The minimum atomic E-state index is -3.78. The van der Waals surface area contributed by atoms with E-state index in [0.717, 1.165) is 25.9 Å². The number of sulfonamides is 1. The zero-order valence-corrected chi connectivity index (χ0v) is 16.0. The van der Waals surface area contributed by atoms with Crippen molar-refractivity contribution < 1.29 is 8.42 Å². The van der Waals surface area contributed by atoms with Gasteiger partial charge >= 0.3 is 5.69 Å². The quantitative estimate of drug-likeness (QED) is 0.653. The van der Waals surface area contributed by atoms with Crippen LogP contribution in [-0.4, -0.2) is 53.4 Å². The maximum absolute atomic E-state index is 13.1. The molecule has 1 fully saturated rings. The van der Waals surface area contributed by atoms with E-state index in [1.54, 1.807) is 0 Å². The molecule has 2 aromatic rings. The lowest BCUT2D eigenvalue weighted by atomic mass is 10.1. The summed E-state index contributed by atoms with van der Waals surface area (Å²) < 4.78 is 27.8. The second kappa shape index (κ2) is 8.30. The molecule has 9 nitrogen and oxygen atoms in total. The Labute approximate surface area is 156 Å². The lowest BCUT2D eigenvalue weighted by Crippen LogP contribution is -2.46. The van der Waals surface area contributed by atoms with E-state index in [9.17, 15) is 18.0 Å². The number of aromatic nitrogens is 3. The molecule has 3 heterocycles. The topological polar surface area (TPSA) is 128 Å². The number of aromatic amines is 2. The summed E-state index contributed by atoms with van der Waals surface area (Å²) in [4.78, 5) is 31.6. The fraction of sp³-hybridized carbons (Fsp3) is 0.533. The Kier molecular flexibility index (Phi) is 6.56. The minimum Gasteiger partial charge on any atom is -0.317 e. The minimum absolute atomic E-state index is 0. The van der Waals surface area contributed by atoms with Crippen molar-refractivity contribution in [2.45, 2.75) is 37.1 Å². The molecule has 0 bridgehead atoms. The summed E-state index contributed by atoms with van der Waals surface area (Å²) in [6, 6.07) is 1.20. The summed E-state index contributed by atoms with van der Waals surface area (Å²) in [5.74, 6) is 0. The summed E-state index contributed by atoms with van der Waals surface area (Å²) in [6.07, 6.45) is 3.37. The number of halogens is 1. The molecule has 0 aliphatic carbocycles. The van der Waals surface area contributed by atoms with Gasteiger partial charge in [0.05, 0.1) is 5.39 Å². The third-order valence-electron chi connectivity index (χ3n) is 4.33. The van der Waals surface area contributed by atoms with Crippen LogP contribution in [0.5, 0.6) is 0 Å². The number of piperidine rings is 1. The molecule has 1 aliphatic heterocycles. The first-order valence-electron chi connectivity index (χ1n) is 8.28. The molecule has 0 atom stereocenters. The van der Waals surface area contributed by atoms with Crippen LogP contribution >= 0.6 is 12.4 Å². The average Bonchev–Trinajstić information content (AvgIpc) is 2.59. The van der Waals surface area contributed by atoms with Gasteiger partial charge in [0.2, 0.25) is 10.0 Å². The molecule has 0 aromatic carbocycles. The van der Waals surface area contributed by atoms with E-state index in [1.165, 1.54) is 16.6 Å². The highest BCUT2D eigenvalue weighted by molar-refractivity contribution is 7.89. The molecule has 0 saturated carbocycles. The molecular formula is C15H22ClN5O4S. The molecule has 26 heavy (non-hydrogen) atoms. The van der Waals surface area contributed by atoms with Gasteiger partial charge in [0.25, 0.3) is 5.56 Å². The highest BCUT2D eigenvalue weighted by Gasteiger charge is 2.32. The van der Waals surface area contributed by atoms with Crippen molar-refractivity contribution in [3.8, 4) is 0 Å². The van der Waals surface area contributed by atoms with Crippen molar-refractivity contribution in [2.75, 3.05) is 19.6 Å². The number of pyridine rings is 1. The van der Waals surface area contributed by atoms with Gasteiger partial charge in [-0.3, -0.25) is 14.8 Å². The van der Waals surface area contributed by atoms with Crippen LogP contribution in [0, 0.1) is 0 Å². The summed E-state index contributed by atoms with van der Waals surface area (Å²) in [7, 11) is -3.78. The van der Waals surface area contributed by atoms with Crippen molar-refractivity contribution in [1.29, 1.82) is 0 Å². The standard InChI is InChI=1S/C15H21N5O4S.ClH/c1-2-7-20(10-3-5-16-6-4-10)25(23,24)11-8-12-13(17-9-11)18-15(22)19-14(12)21;/h8-10,16H,2-7H2,1H3,(H2,17,18,19,21,22);1H. The molecule has 144 valence electrons. The number of hydrogen-bond acceptors (Lipinski definition) is 6. The number of hydrogen-bond donors (Lipinski definition) is 3. The van der Waals surface area contributed by atoms with Crippen LogP contribution < -0.4 is 16.6 Å². The number of fused-ring (bicyclic) bond motifs is 1. The maximum Gasteiger partial charge on any atom is 0.327 e. The second-order valence-electron chi connectivity index (χ2n) is 6.07. The molecule has 0 radical (unpaired) electrons. The molecule has 11 heteroatoms. The molecule has 0 unspecified atom stereocenters. The first-order valence-corrected chi connectivity index (χ1v) is 9.72. The van der Waals surface area contributed by atoms with Crippen LogP contribution in [-0.2, 0) is 10.0 Å². The smallest absolute Gasteiger partial charge is 0.317 e. The largest absolute Gasteiger partial charge is 0.327 e. The molecule has 1 aliphatic rings. The zero-order chi connectivity index (χ0) is 18.0. The van der Waals surface area contributed by atoms with Gasteiger partial charge in [-0.2, -0.15) is 4.31 Å². The summed E-state index contributed by atoms with van der Waals surface area (Å²) >= 11 is 0. The molecular weight excluding hydrogens is 382 g/mol. The van der Waals surface area contributed by atoms with Gasteiger partial charge in [-0.15, -0.1) is 12.4 Å². The maximum atomic E-state index is 13.1. The van der Waals surface area contributed by atoms with E-state index < -0.39 is 21.3 Å². The van der Waals surface area contributed by atoms with Crippen molar-refractivity contribution in [3.63, 3.8) is 0 Å². The number of H-pyrrole nitrogens is 2. The highest BCUT2D eigenvalue weighted by Crippen LogP contribution is 2.23. The Morgan fingerprint density at radius 1 is 1.23 bits per heavy atom. The average molecular weight is 404 g/mol. The Balaban J connectivity index is 0.00000243. The molecule has 0 amide bonds. The van der Waals surface area contributed by atoms with Crippen molar-refractivity contribution in [1.82, 2.24) is 24.6 Å². The van der Waals surface area contributed by atoms with Gasteiger partial charge in [-0.05, 0) is 38.4 Å². The van der Waals surface area contributed by atoms with Crippen molar-refractivity contribution in [3.05, 3.63) is 33.1 Å². The highest BCUT2D eigenvalue weighted by atomic mass is 35.5. The Morgan fingerprint density at radius 2 is 1.92 bits per heavy atom. The molecule has 0 spiro atoms. The van der Waals surface area contributed by atoms with Gasteiger partial charge in [0.1, 0.15) is 10.5 Å². The van der Waals surface area contributed by atoms with Crippen LogP contribution in [0.3, 0.4) is 0 Å². The third-order valence-corrected chi connectivity index (χ3v) is 6.25. The van der Waals surface area contributed by atoms with Crippen molar-refractivity contribution in [2.24, 2.45) is 0 Å². The van der Waals surface area contributed by atoms with Gasteiger partial charge in [-0.1, -0.05) is 6.92 Å². The fourth-order valence-corrected chi connectivity index (χ4v) is 4.87. The van der Waals surface area contributed by atoms with Crippen LogP contribution in [0.2, 0.25) is 0 Å². The SMILES string of the molecule is CCCN(C1CCNCC1)S(=O)(=O)c1cnc2[nH]c(=O)[nH]c(=O)c2c1.Cl. The molecule has 1 saturated heterocycles. The number of nitrogens with one attached hydrogen (secondary N) is 3. The van der Waals surface area contributed by atoms with Gasteiger partial charge < -0.3 is 5.32 Å². The van der Waals surface area contributed by atoms with Gasteiger partial charge in [0, 0.05) is 18.8 Å². The van der Waals surface area contributed by atoms with E-state index in [1.807, 2.05) is 6.92 Å². The Hall–Kier alpha value is -1.75. The van der Waals surface area contributed by atoms with Gasteiger partial charge in [0.15, 0.2) is 0 Å². The van der Waals surface area contributed by atoms with Crippen LogP contribution in [0.15, 0.2) is 26.7 Å². The van der Waals surface area contributed by atoms with E-state index in [-0.39, 0.29) is 34.4 Å². The first kappa shape index (κ1) is 20.6. The van der Waals surface area contributed by atoms with E-state index in [4.69, 9.17) is 0 Å². The molecule has 3 N–H and O–H groups in total. The summed E-state index contributed by atoms with van der Waals surface area (Å²) in [5, 5.41) is 3.27. The Morgan fingerprint density at radius 3 is 2.58 bits per heavy atom. The zero-order valence-electron chi connectivity index (χ0n) is 14.3. The lowest BCUT2D eigenvalue weighted by molar-refractivity contribution is 0.262. The summed E-state index contributed by atoms with van der Waals surface area (Å²) in [5.41, 5.74) is -1.27. The lowest BCUT2D eigenvalue weighted by Gasteiger charge is -2.33. The monoisotopic (exact) mass is 403 g/mol. The van der Waals surface area contributed by atoms with E-state index >= 15 is 0 Å². The number of nitrogens with zero attached hydrogens (tertiary/aromatic N) is 2. The van der Waals surface area contributed by atoms with Crippen molar-refractivity contribution >= 4 is 33.5 Å². The van der Waals surface area contributed by atoms with Crippen LogP contribution in [0.25, 0.3) is 11.0 Å². The van der Waals surface area contributed by atoms with Gasteiger partial charge in [-0.25, -0.2) is 18.2 Å². The first-order chi connectivity index (χ1) is 11.9. The summed E-state index contributed by atoms with van der Waals surface area (Å²) in [6.45, 7) is 3.89. The van der Waals surface area contributed by atoms with Crippen LogP contribution in [0.4, 0.5) is 0 Å². The normalized spacial score (nSPS) is 15.9. The second-order valence-corrected chi connectivity index (χ2v) is 7.96. The Bertz CT molecular complexity index is 981. The predicted octanol–water partition coefficient (Wildman–Crippen LogP) is 0.186. The van der Waals surface area contributed by atoms with Crippen LogP contribution in [0.1, 0.15) is 26.2 Å². The van der Waals surface area contributed by atoms with E-state index in [0.29, 0.717) is 13.0 Å². The third kappa shape index (κ3) is 3.98. The predicted molar refractivity (Wildman–Crippen MR) is 100 cm³/mol. The fourth-order valence-electron chi connectivity index (χ4n) is 3.12.